The van der Waals surface area contributed by atoms with Crippen molar-refractivity contribution in [2.45, 2.75) is 38.0 Å². The summed E-state index contributed by atoms with van der Waals surface area (Å²) in [6, 6.07) is 22.4. The third kappa shape index (κ3) is 5.63. The molecule has 0 radical (unpaired) electrons. The number of hydrogen-bond acceptors (Lipinski definition) is 3. The molecule has 0 bridgehead atoms. The minimum absolute atomic E-state index is 0.00389. The van der Waals surface area contributed by atoms with Gasteiger partial charge in [0.25, 0.3) is 15.9 Å². The van der Waals surface area contributed by atoms with Crippen molar-refractivity contribution in [1.29, 1.82) is 0 Å². The highest BCUT2D eigenvalue weighted by Crippen LogP contribution is 2.25. The molecule has 0 unspecified atom stereocenters. The summed E-state index contributed by atoms with van der Waals surface area (Å²) in [6.07, 6.45) is 3.04. The van der Waals surface area contributed by atoms with Crippen LogP contribution in [0.5, 0.6) is 0 Å². The maximum absolute atomic E-state index is 13.1. The van der Waals surface area contributed by atoms with E-state index >= 15 is 0 Å². The summed E-state index contributed by atoms with van der Waals surface area (Å²) in [5.41, 5.74) is 4.13. The lowest BCUT2D eigenvalue weighted by atomic mass is 9.90. The molecule has 1 aliphatic heterocycles. The zero-order chi connectivity index (χ0) is 23.4. The monoisotopic (exact) mass is 462 g/mol. The molecular weight excluding hydrogens is 432 g/mol. The Morgan fingerprint density at radius 2 is 1.61 bits per heavy atom. The first-order valence-electron chi connectivity index (χ1n) is 11.4. The fourth-order valence-corrected chi connectivity index (χ4v) is 5.43. The molecule has 0 aromatic heterocycles. The van der Waals surface area contributed by atoms with Gasteiger partial charge in [-0.2, -0.15) is 0 Å². The van der Waals surface area contributed by atoms with Crippen LogP contribution in [0.2, 0.25) is 0 Å². The summed E-state index contributed by atoms with van der Waals surface area (Å²) in [4.78, 5) is 15.2. The van der Waals surface area contributed by atoms with Crippen molar-refractivity contribution in [1.82, 2.24) is 4.90 Å². The summed E-state index contributed by atoms with van der Waals surface area (Å²) in [6.45, 7) is 5.22. The summed E-state index contributed by atoms with van der Waals surface area (Å²) in [5.74, 6) is 0.598. The molecule has 0 saturated carbocycles. The van der Waals surface area contributed by atoms with E-state index in [4.69, 9.17) is 0 Å². The predicted molar refractivity (Wildman–Crippen MR) is 132 cm³/mol. The highest BCUT2D eigenvalue weighted by Gasteiger charge is 2.24. The molecule has 1 saturated heterocycles. The molecule has 0 spiro atoms. The highest BCUT2D eigenvalue weighted by molar-refractivity contribution is 7.92. The Morgan fingerprint density at radius 1 is 0.939 bits per heavy atom. The van der Waals surface area contributed by atoms with Crippen molar-refractivity contribution in [3.8, 4) is 0 Å². The van der Waals surface area contributed by atoms with Crippen LogP contribution in [0.4, 0.5) is 5.69 Å². The van der Waals surface area contributed by atoms with Gasteiger partial charge in [0.2, 0.25) is 0 Å². The number of rotatable bonds is 6. The van der Waals surface area contributed by atoms with Crippen molar-refractivity contribution >= 4 is 21.6 Å². The third-order valence-electron chi connectivity index (χ3n) is 6.32. The molecule has 0 atom stereocenters. The molecule has 1 fully saturated rings. The molecule has 0 aliphatic carbocycles. The van der Waals surface area contributed by atoms with Crippen LogP contribution in [0, 0.1) is 19.8 Å². The molecule has 4 rings (SSSR count). The maximum atomic E-state index is 13.1. The van der Waals surface area contributed by atoms with E-state index in [1.54, 1.807) is 42.5 Å². The van der Waals surface area contributed by atoms with E-state index in [0.717, 1.165) is 43.5 Å². The number of hydrogen-bond donors (Lipinski definition) is 1. The Bertz CT molecular complexity index is 1210. The largest absolute Gasteiger partial charge is 0.339 e. The minimum atomic E-state index is -3.68. The van der Waals surface area contributed by atoms with E-state index in [9.17, 15) is 13.2 Å². The van der Waals surface area contributed by atoms with Gasteiger partial charge in [-0.15, -0.1) is 0 Å². The Labute approximate surface area is 196 Å². The van der Waals surface area contributed by atoms with Gasteiger partial charge < -0.3 is 4.90 Å². The first kappa shape index (κ1) is 23.1. The standard InChI is InChI=1S/C27H30N2O3S/c1-20-8-11-25(12-9-20)33(31,32)28-26-13-10-24(18-21(26)2)27(30)29-16-14-23(15-17-29)19-22-6-4-3-5-7-22/h3-13,18,23,28H,14-17,19H2,1-2H3. The van der Waals surface area contributed by atoms with Gasteiger partial charge in [-0.05, 0) is 80.5 Å². The molecule has 3 aromatic carbocycles. The topological polar surface area (TPSA) is 66.5 Å². The Morgan fingerprint density at radius 3 is 2.24 bits per heavy atom. The van der Waals surface area contributed by atoms with E-state index in [1.807, 2.05) is 24.8 Å². The summed E-state index contributed by atoms with van der Waals surface area (Å²) in [5, 5.41) is 0. The van der Waals surface area contributed by atoms with Gasteiger partial charge in [0.15, 0.2) is 0 Å². The zero-order valence-corrected chi connectivity index (χ0v) is 19.9. The van der Waals surface area contributed by atoms with E-state index in [1.165, 1.54) is 5.56 Å². The van der Waals surface area contributed by atoms with Crippen molar-refractivity contribution in [3.05, 3.63) is 95.1 Å². The second kappa shape index (κ2) is 9.79. The second-order valence-electron chi connectivity index (χ2n) is 8.87. The average Bonchev–Trinajstić information content (AvgIpc) is 2.81. The molecule has 5 nitrogen and oxygen atoms in total. The number of carbonyl (C=O) groups is 1. The number of anilines is 1. The predicted octanol–water partition coefficient (Wildman–Crippen LogP) is 5.20. The van der Waals surface area contributed by atoms with Crippen LogP contribution in [0.1, 0.15) is 39.9 Å². The van der Waals surface area contributed by atoms with Gasteiger partial charge in [0.05, 0.1) is 10.6 Å². The van der Waals surface area contributed by atoms with Gasteiger partial charge in [0.1, 0.15) is 0 Å². The molecule has 1 N–H and O–H groups in total. The number of amides is 1. The molecule has 1 amide bonds. The van der Waals surface area contributed by atoms with Crippen LogP contribution in [0.3, 0.4) is 0 Å². The Hall–Kier alpha value is -3.12. The van der Waals surface area contributed by atoms with Crippen LogP contribution in [-0.4, -0.2) is 32.3 Å². The number of likely N-dealkylation sites (tertiary alicyclic amines) is 1. The van der Waals surface area contributed by atoms with Gasteiger partial charge >= 0.3 is 0 Å². The second-order valence-corrected chi connectivity index (χ2v) is 10.6. The molecule has 172 valence electrons. The SMILES string of the molecule is Cc1ccc(S(=O)(=O)Nc2ccc(C(=O)N3CCC(Cc4ccccc4)CC3)cc2C)cc1. The van der Waals surface area contributed by atoms with Crippen molar-refractivity contribution in [2.24, 2.45) is 5.92 Å². The lowest BCUT2D eigenvalue weighted by Gasteiger charge is -2.32. The van der Waals surface area contributed by atoms with Crippen LogP contribution in [0.15, 0.2) is 77.7 Å². The average molecular weight is 463 g/mol. The molecular formula is C27H30N2O3S. The number of nitrogens with zero attached hydrogens (tertiary/aromatic N) is 1. The quantitative estimate of drug-likeness (QED) is 0.548. The maximum Gasteiger partial charge on any atom is 0.261 e. The van der Waals surface area contributed by atoms with Gasteiger partial charge in [-0.1, -0.05) is 48.0 Å². The molecule has 1 heterocycles. The smallest absolute Gasteiger partial charge is 0.261 e. The van der Waals surface area contributed by atoms with Gasteiger partial charge in [-0.25, -0.2) is 8.42 Å². The number of piperidine rings is 1. The molecule has 1 aliphatic rings. The van der Waals surface area contributed by atoms with E-state index in [2.05, 4.69) is 29.0 Å². The lowest BCUT2D eigenvalue weighted by Crippen LogP contribution is -2.39. The fraction of sp³-hybridized carbons (Fsp3) is 0.296. The molecule has 3 aromatic rings. The van der Waals surface area contributed by atoms with Crippen molar-refractivity contribution < 1.29 is 13.2 Å². The summed E-state index contributed by atoms with van der Waals surface area (Å²) >= 11 is 0. The number of nitrogens with one attached hydrogen (secondary N) is 1. The first-order chi connectivity index (χ1) is 15.8. The number of carbonyl (C=O) groups excluding carboxylic acids is 1. The zero-order valence-electron chi connectivity index (χ0n) is 19.1. The number of sulfonamides is 1. The van der Waals surface area contributed by atoms with Crippen molar-refractivity contribution in [3.63, 3.8) is 0 Å². The van der Waals surface area contributed by atoms with Gasteiger partial charge in [0, 0.05) is 18.7 Å². The van der Waals surface area contributed by atoms with Gasteiger partial charge in [-0.3, -0.25) is 9.52 Å². The fourth-order valence-electron chi connectivity index (χ4n) is 4.30. The lowest BCUT2D eigenvalue weighted by molar-refractivity contribution is 0.0690. The first-order valence-corrected chi connectivity index (χ1v) is 12.8. The molecule has 33 heavy (non-hydrogen) atoms. The van der Waals surface area contributed by atoms with Crippen LogP contribution in [-0.2, 0) is 16.4 Å². The molecule has 6 heteroatoms. The summed E-state index contributed by atoms with van der Waals surface area (Å²) in [7, 11) is -3.68. The van der Waals surface area contributed by atoms with E-state index in [0.29, 0.717) is 17.2 Å². The van der Waals surface area contributed by atoms with Crippen LogP contribution in [0.25, 0.3) is 0 Å². The Kier molecular flexibility index (Phi) is 6.84. The van der Waals surface area contributed by atoms with E-state index in [-0.39, 0.29) is 10.8 Å². The number of benzene rings is 3. The minimum Gasteiger partial charge on any atom is -0.339 e. The van der Waals surface area contributed by atoms with Crippen LogP contribution < -0.4 is 4.72 Å². The van der Waals surface area contributed by atoms with E-state index < -0.39 is 10.0 Å². The third-order valence-corrected chi connectivity index (χ3v) is 7.70. The van der Waals surface area contributed by atoms with Crippen molar-refractivity contribution in [2.75, 3.05) is 17.8 Å². The highest BCUT2D eigenvalue weighted by atomic mass is 32.2. The van der Waals surface area contributed by atoms with Crippen LogP contribution >= 0.6 is 0 Å². The number of aryl methyl sites for hydroxylation is 2. The Balaban J connectivity index is 1.38. The normalized spacial score (nSPS) is 14.8. The summed E-state index contributed by atoms with van der Waals surface area (Å²) < 4.78 is 28.1.